The first kappa shape index (κ1) is 16.0. The fourth-order valence-corrected chi connectivity index (χ4v) is 4.67. The summed E-state index contributed by atoms with van der Waals surface area (Å²) in [6.07, 6.45) is 6.90. The quantitative estimate of drug-likeness (QED) is 0.781. The van der Waals surface area contributed by atoms with E-state index in [0.717, 1.165) is 43.0 Å². The molecule has 1 atom stereocenters. The van der Waals surface area contributed by atoms with Crippen LogP contribution in [-0.4, -0.2) is 26.3 Å². The van der Waals surface area contributed by atoms with Gasteiger partial charge in [0, 0.05) is 5.92 Å². The lowest BCUT2D eigenvalue weighted by atomic mass is 9.85. The van der Waals surface area contributed by atoms with Crippen molar-refractivity contribution >= 4 is 5.97 Å². The third kappa shape index (κ3) is 2.40. The molecule has 3 aliphatic rings. The van der Waals surface area contributed by atoms with Crippen LogP contribution in [0.4, 0.5) is 0 Å². The first-order valence-corrected chi connectivity index (χ1v) is 9.83. The average Bonchev–Trinajstić information content (AvgIpc) is 3.08. The fourth-order valence-electron chi connectivity index (χ4n) is 4.67. The predicted octanol–water partition coefficient (Wildman–Crippen LogP) is 4.10. The van der Waals surface area contributed by atoms with Crippen LogP contribution >= 0.6 is 0 Å². The Morgan fingerprint density at radius 3 is 2.69 bits per heavy atom. The molecule has 0 radical (unpaired) electrons. The van der Waals surface area contributed by atoms with Crippen molar-refractivity contribution in [2.75, 3.05) is 0 Å². The Kier molecular flexibility index (Phi) is 3.49. The zero-order valence-corrected chi connectivity index (χ0v) is 15.5. The van der Waals surface area contributed by atoms with E-state index < -0.39 is 0 Å². The van der Waals surface area contributed by atoms with E-state index >= 15 is 0 Å². The normalized spacial score (nSPS) is 24.4. The summed E-state index contributed by atoms with van der Waals surface area (Å²) in [5.74, 6) is 2.28. The van der Waals surface area contributed by atoms with Crippen LogP contribution in [0.15, 0.2) is 18.2 Å². The first-order valence-electron chi connectivity index (χ1n) is 9.83. The summed E-state index contributed by atoms with van der Waals surface area (Å²) < 4.78 is 7.90. The number of esters is 1. The van der Waals surface area contributed by atoms with Gasteiger partial charge in [0.2, 0.25) is 0 Å². The molecular formula is C21H25N3O2. The molecule has 0 amide bonds. The zero-order chi connectivity index (χ0) is 17.9. The van der Waals surface area contributed by atoms with Crippen LogP contribution in [0.5, 0.6) is 0 Å². The molecule has 1 aromatic heterocycles. The van der Waals surface area contributed by atoms with E-state index in [1.54, 1.807) is 0 Å². The number of carbonyl (C=O) groups excluding carboxylic acids is 1. The molecule has 2 saturated carbocycles. The molecule has 26 heavy (non-hydrogen) atoms. The summed E-state index contributed by atoms with van der Waals surface area (Å²) in [5, 5.41) is 4.91. The topological polar surface area (TPSA) is 57.0 Å². The van der Waals surface area contributed by atoms with E-state index in [2.05, 4.69) is 32.0 Å². The van der Waals surface area contributed by atoms with E-state index in [1.807, 2.05) is 4.68 Å². The van der Waals surface area contributed by atoms with E-state index in [4.69, 9.17) is 14.8 Å². The molecule has 2 aliphatic carbocycles. The summed E-state index contributed by atoms with van der Waals surface area (Å²) in [4.78, 5) is 17.2. The van der Waals surface area contributed by atoms with Crippen molar-refractivity contribution in [3.05, 3.63) is 41.0 Å². The van der Waals surface area contributed by atoms with Gasteiger partial charge in [0.25, 0.3) is 0 Å². The highest BCUT2D eigenvalue weighted by Gasteiger charge is 2.53. The van der Waals surface area contributed by atoms with Gasteiger partial charge < -0.3 is 4.74 Å². The van der Waals surface area contributed by atoms with Gasteiger partial charge in [0.15, 0.2) is 5.82 Å². The van der Waals surface area contributed by atoms with Crippen molar-refractivity contribution in [3.8, 4) is 5.69 Å². The molecule has 3 fully saturated rings. The van der Waals surface area contributed by atoms with Crippen LogP contribution < -0.4 is 0 Å². The maximum atomic E-state index is 12.2. The molecule has 5 heteroatoms. The third-order valence-corrected chi connectivity index (χ3v) is 6.48. The van der Waals surface area contributed by atoms with Crippen molar-refractivity contribution in [3.63, 3.8) is 0 Å². The molecule has 1 spiro atoms. The van der Waals surface area contributed by atoms with Gasteiger partial charge in [-0.15, -0.1) is 0 Å². The summed E-state index contributed by atoms with van der Waals surface area (Å²) >= 11 is 0. The highest BCUT2D eigenvalue weighted by molar-refractivity contribution is 5.74. The number of aryl methyl sites for hydroxylation is 1. The maximum Gasteiger partial charge on any atom is 0.307 e. The Bertz CT molecular complexity index is 875. The van der Waals surface area contributed by atoms with Crippen molar-refractivity contribution in [2.24, 2.45) is 0 Å². The number of nitrogens with zero attached hydrogens (tertiary/aromatic N) is 3. The maximum absolute atomic E-state index is 12.2. The lowest BCUT2D eigenvalue weighted by Crippen LogP contribution is -2.32. The number of hydrogen-bond acceptors (Lipinski definition) is 4. The molecule has 1 aromatic carbocycles. The van der Waals surface area contributed by atoms with Gasteiger partial charge in [0.05, 0.1) is 18.0 Å². The van der Waals surface area contributed by atoms with Crippen molar-refractivity contribution in [2.45, 2.75) is 76.2 Å². The van der Waals surface area contributed by atoms with Crippen molar-refractivity contribution in [1.82, 2.24) is 14.8 Å². The summed E-state index contributed by atoms with van der Waals surface area (Å²) in [5.41, 5.74) is 3.17. The minimum Gasteiger partial charge on any atom is -0.458 e. The number of hydrogen-bond donors (Lipinski definition) is 0. The molecule has 2 heterocycles. The number of ether oxygens (including phenoxy) is 1. The van der Waals surface area contributed by atoms with E-state index in [-0.39, 0.29) is 17.5 Å². The SMILES string of the molecule is Cc1cccc(-n2nc(C3CC3)nc2C2CC(=O)OC23CCCC3)c1C. The van der Waals surface area contributed by atoms with Gasteiger partial charge in [-0.25, -0.2) is 9.67 Å². The van der Waals surface area contributed by atoms with Crippen LogP contribution in [0.1, 0.15) is 79.6 Å². The van der Waals surface area contributed by atoms with Crippen LogP contribution in [0.2, 0.25) is 0 Å². The van der Waals surface area contributed by atoms with Gasteiger partial charge in [-0.05, 0) is 69.6 Å². The Hall–Kier alpha value is -2.17. The molecule has 0 bridgehead atoms. The van der Waals surface area contributed by atoms with Crippen LogP contribution in [-0.2, 0) is 9.53 Å². The number of carbonyl (C=O) groups is 1. The second-order valence-corrected chi connectivity index (χ2v) is 8.24. The highest BCUT2D eigenvalue weighted by atomic mass is 16.6. The van der Waals surface area contributed by atoms with Crippen molar-refractivity contribution in [1.29, 1.82) is 0 Å². The van der Waals surface area contributed by atoms with Gasteiger partial charge in [-0.1, -0.05) is 12.1 Å². The lowest BCUT2D eigenvalue weighted by molar-refractivity contribution is -0.148. The van der Waals surface area contributed by atoms with Crippen LogP contribution in [0.3, 0.4) is 0 Å². The standard InChI is InChI=1S/C21H25N3O2/c1-13-6-5-7-17(14(13)2)24-20(22-19(23-24)15-8-9-15)16-12-18(25)26-21(16)10-3-4-11-21/h5-7,15-16H,3-4,8-12H2,1-2H3. The van der Waals surface area contributed by atoms with Gasteiger partial charge in [0.1, 0.15) is 11.4 Å². The molecule has 5 rings (SSSR count). The molecule has 2 aromatic rings. The van der Waals surface area contributed by atoms with Crippen LogP contribution in [0, 0.1) is 13.8 Å². The Morgan fingerprint density at radius 2 is 1.96 bits per heavy atom. The summed E-state index contributed by atoms with van der Waals surface area (Å²) in [6.45, 7) is 4.26. The summed E-state index contributed by atoms with van der Waals surface area (Å²) in [7, 11) is 0. The molecule has 5 nitrogen and oxygen atoms in total. The zero-order valence-electron chi connectivity index (χ0n) is 15.5. The van der Waals surface area contributed by atoms with E-state index in [1.165, 1.54) is 24.0 Å². The van der Waals surface area contributed by atoms with Crippen LogP contribution in [0.25, 0.3) is 5.69 Å². The Balaban J connectivity index is 1.66. The molecule has 1 unspecified atom stereocenters. The lowest BCUT2D eigenvalue weighted by Gasteiger charge is -2.28. The predicted molar refractivity (Wildman–Crippen MR) is 97.5 cm³/mol. The minimum atomic E-state index is -0.361. The number of benzene rings is 1. The Labute approximate surface area is 153 Å². The molecule has 1 saturated heterocycles. The molecular weight excluding hydrogens is 326 g/mol. The fraction of sp³-hybridized carbons (Fsp3) is 0.571. The van der Waals surface area contributed by atoms with Gasteiger partial charge >= 0.3 is 5.97 Å². The Morgan fingerprint density at radius 1 is 1.19 bits per heavy atom. The minimum absolute atomic E-state index is 0.0115. The second kappa shape index (κ2) is 5.66. The number of aromatic nitrogens is 3. The third-order valence-electron chi connectivity index (χ3n) is 6.48. The van der Waals surface area contributed by atoms with Gasteiger partial charge in [-0.3, -0.25) is 4.79 Å². The number of rotatable bonds is 3. The first-order chi connectivity index (χ1) is 12.6. The van der Waals surface area contributed by atoms with Crippen molar-refractivity contribution < 1.29 is 9.53 Å². The van der Waals surface area contributed by atoms with E-state index in [0.29, 0.717) is 12.3 Å². The molecule has 136 valence electrons. The van der Waals surface area contributed by atoms with Gasteiger partial charge in [-0.2, -0.15) is 5.10 Å². The van der Waals surface area contributed by atoms with E-state index in [9.17, 15) is 4.79 Å². The monoisotopic (exact) mass is 351 g/mol. The smallest absolute Gasteiger partial charge is 0.307 e. The molecule has 0 N–H and O–H groups in total. The largest absolute Gasteiger partial charge is 0.458 e. The average molecular weight is 351 g/mol. The second-order valence-electron chi connectivity index (χ2n) is 8.24. The molecule has 1 aliphatic heterocycles. The summed E-state index contributed by atoms with van der Waals surface area (Å²) in [6, 6.07) is 6.30. The highest BCUT2D eigenvalue weighted by Crippen LogP contribution is 2.51.